The monoisotopic (exact) mass is 182 g/mol. The minimum atomic E-state index is 1.12. The number of hydrogen-bond acceptors (Lipinski definition) is 2. The maximum Gasteiger partial charge on any atom is 0.0201 e. The van der Waals surface area contributed by atoms with Crippen LogP contribution in [-0.2, 0) is 0 Å². The summed E-state index contributed by atoms with van der Waals surface area (Å²) in [4.78, 5) is 0. The molecule has 0 amide bonds. The lowest BCUT2D eigenvalue weighted by Crippen LogP contribution is -1.71. The molecule has 1 atom stereocenters. The first-order valence-corrected chi connectivity index (χ1v) is 7.41. The van der Waals surface area contributed by atoms with Crippen molar-refractivity contribution in [1.82, 2.24) is 0 Å². The van der Waals surface area contributed by atoms with Gasteiger partial charge in [0.05, 0.1) is 0 Å². The van der Waals surface area contributed by atoms with Gasteiger partial charge in [-0.15, -0.1) is 11.4 Å². The van der Waals surface area contributed by atoms with Gasteiger partial charge in [-0.05, 0) is 17.9 Å². The summed E-state index contributed by atoms with van der Waals surface area (Å²) in [5.74, 6) is 2.63. The summed E-state index contributed by atoms with van der Waals surface area (Å²) in [5, 5.41) is 0. The Hall–Kier alpha value is 1.13. The van der Waals surface area contributed by atoms with E-state index in [1.54, 1.807) is 0 Å². The standard InChI is InChI=1S/C6H15PS2/c1-3-5-8-6-7-9-4-2/h7H,3-6H2,1-2H3. The molecule has 0 aromatic rings. The molecule has 9 heavy (non-hydrogen) atoms. The van der Waals surface area contributed by atoms with Crippen molar-refractivity contribution in [2.24, 2.45) is 0 Å². The Morgan fingerprint density at radius 3 is 2.67 bits per heavy atom. The third-order valence-electron chi connectivity index (χ3n) is 0.756. The molecule has 0 N–H and O–H groups in total. The molecule has 1 unspecified atom stereocenters. The highest BCUT2D eigenvalue weighted by molar-refractivity contribution is 8.51. The molecule has 0 spiro atoms. The van der Waals surface area contributed by atoms with Gasteiger partial charge in [-0.2, -0.15) is 11.8 Å². The molecule has 0 aliphatic heterocycles. The lowest BCUT2D eigenvalue weighted by atomic mass is 10.6. The Morgan fingerprint density at radius 1 is 1.33 bits per heavy atom. The molecule has 56 valence electrons. The maximum atomic E-state index is 2.24. The molecule has 0 aromatic carbocycles. The second kappa shape index (κ2) is 9.13. The van der Waals surface area contributed by atoms with Crippen LogP contribution in [0.25, 0.3) is 0 Å². The van der Waals surface area contributed by atoms with Crippen LogP contribution in [0.3, 0.4) is 0 Å². The molecule has 0 bridgehead atoms. The summed E-state index contributed by atoms with van der Waals surface area (Å²) in [7, 11) is 1.12. The van der Waals surface area contributed by atoms with Crippen molar-refractivity contribution in [3.8, 4) is 0 Å². The molecule has 0 nitrogen and oxygen atoms in total. The minimum absolute atomic E-state index is 1.12. The van der Waals surface area contributed by atoms with E-state index in [-0.39, 0.29) is 0 Å². The van der Waals surface area contributed by atoms with Crippen molar-refractivity contribution in [2.75, 3.05) is 17.0 Å². The van der Waals surface area contributed by atoms with Crippen molar-refractivity contribution in [2.45, 2.75) is 20.3 Å². The molecular weight excluding hydrogens is 167 g/mol. The summed E-state index contributed by atoms with van der Waals surface area (Å²) in [6.45, 7) is 4.46. The van der Waals surface area contributed by atoms with E-state index in [2.05, 4.69) is 37.0 Å². The van der Waals surface area contributed by atoms with Gasteiger partial charge in [0.2, 0.25) is 0 Å². The van der Waals surface area contributed by atoms with Crippen LogP contribution in [-0.4, -0.2) is 17.0 Å². The predicted octanol–water partition coefficient (Wildman–Crippen LogP) is 3.43. The van der Waals surface area contributed by atoms with Gasteiger partial charge in [0, 0.05) is 5.49 Å². The van der Waals surface area contributed by atoms with E-state index in [0.29, 0.717) is 0 Å². The molecule has 0 aliphatic rings. The Morgan fingerprint density at radius 2 is 2.11 bits per heavy atom. The first-order chi connectivity index (χ1) is 4.41. The fourth-order valence-corrected chi connectivity index (χ4v) is 4.25. The molecule has 0 radical (unpaired) electrons. The number of thioether (sulfide) groups is 1. The number of hydrogen-bond donors (Lipinski definition) is 0. The normalized spacial score (nSPS) is 11.3. The predicted molar refractivity (Wildman–Crippen MR) is 54.1 cm³/mol. The van der Waals surface area contributed by atoms with Gasteiger partial charge in [-0.1, -0.05) is 21.6 Å². The highest BCUT2D eigenvalue weighted by Gasteiger charge is 1.85. The van der Waals surface area contributed by atoms with Gasteiger partial charge in [0.15, 0.2) is 0 Å². The zero-order valence-electron chi connectivity index (χ0n) is 6.14. The van der Waals surface area contributed by atoms with E-state index >= 15 is 0 Å². The van der Waals surface area contributed by atoms with E-state index in [9.17, 15) is 0 Å². The van der Waals surface area contributed by atoms with Crippen LogP contribution in [0.5, 0.6) is 0 Å². The van der Waals surface area contributed by atoms with Crippen LogP contribution in [0, 0.1) is 0 Å². The summed E-state index contributed by atoms with van der Waals surface area (Å²) in [5.41, 5.74) is 1.37. The third-order valence-corrected chi connectivity index (χ3v) is 5.77. The summed E-state index contributed by atoms with van der Waals surface area (Å²) in [6, 6.07) is 0. The van der Waals surface area contributed by atoms with Crippen molar-refractivity contribution in [3.05, 3.63) is 0 Å². The smallest absolute Gasteiger partial charge is 0.0201 e. The van der Waals surface area contributed by atoms with Gasteiger partial charge in [0.25, 0.3) is 0 Å². The van der Waals surface area contributed by atoms with Crippen molar-refractivity contribution in [1.29, 1.82) is 0 Å². The maximum absolute atomic E-state index is 2.24. The van der Waals surface area contributed by atoms with E-state index in [1.165, 1.54) is 23.4 Å². The average Bonchev–Trinajstić information content (AvgIpc) is 1.89. The molecule has 0 saturated heterocycles. The van der Waals surface area contributed by atoms with Crippen LogP contribution in [0.2, 0.25) is 0 Å². The average molecular weight is 182 g/mol. The zero-order valence-corrected chi connectivity index (χ0v) is 8.78. The molecule has 0 rings (SSSR count). The summed E-state index contributed by atoms with van der Waals surface area (Å²) in [6.07, 6.45) is 1.33. The second-order valence-corrected chi connectivity index (χ2v) is 6.49. The lowest BCUT2D eigenvalue weighted by Gasteiger charge is -1.96. The first kappa shape index (κ1) is 10.1. The van der Waals surface area contributed by atoms with Crippen molar-refractivity contribution < 1.29 is 0 Å². The molecule has 0 saturated carbocycles. The second-order valence-electron chi connectivity index (χ2n) is 1.63. The minimum Gasteiger partial charge on any atom is -0.157 e. The topological polar surface area (TPSA) is 0 Å². The van der Waals surface area contributed by atoms with Crippen molar-refractivity contribution in [3.63, 3.8) is 0 Å². The van der Waals surface area contributed by atoms with E-state index in [1.807, 2.05) is 0 Å². The van der Waals surface area contributed by atoms with Crippen LogP contribution in [0.15, 0.2) is 0 Å². The van der Waals surface area contributed by atoms with Crippen LogP contribution < -0.4 is 0 Å². The molecule has 0 heterocycles. The van der Waals surface area contributed by atoms with Gasteiger partial charge in [-0.25, -0.2) is 0 Å². The Balaban J connectivity index is 2.60. The van der Waals surface area contributed by atoms with E-state index in [4.69, 9.17) is 0 Å². The molecule has 0 aliphatic carbocycles. The molecule has 3 heteroatoms. The highest BCUT2D eigenvalue weighted by Crippen LogP contribution is 2.32. The molecule has 0 aromatic heterocycles. The first-order valence-electron chi connectivity index (χ1n) is 3.34. The van der Waals surface area contributed by atoms with Gasteiger partial charge in [-0.3, -0.25) is 0 Å². The number of rotatable bonds is 6. The van der Waals surface area contributed by atoms with Crippen molar-refractivity contribution >= 4 is 30.9 Å². The van der Waals surface area contributed by atoms with Crippen LogP contribution >= 0.6 is 30.9 Å². The Labute approximate surface area is 68.5 Å². The fourth-order valence-electron chi connectivity index (χ4n) is 0.402. The van der Waals surface area contributed by atoms with Gasteiger partial charge >= 0.3 is 0 Å². The largest absolute Gasteiger partial charge is 0.157 e. The van der Waals surface area contributed by atoms with E-state index < -0.39 is 0 Å². The van der Waals surface area contributed by atoms with E-state index in [0.717, 1.165) is 7.78 Å². The van der Waals surface area contributed by atoms with Gasteiger partial charge < -0.3 is 0 Å². The van der Waals surface area contributed by atoms with Gasteiger partial charge in [0.1, 0.15) is 0 Å². The third kappa shape index (κ3) is 9.13. The lowest BCUT2D eigenvalue weighted by molar-refractivity contribution is 1.11. The highest BCUT2D eigenvalue weighted by atomic mass is 32.7. The zero-order chi connectivity index (χ0) is 6.95. The van der Waals surface area contributed by atoms with Crippen LogP contribution in [0.4, 0.5) is 0 Å². The van der Waals surface area contributed by atoms with Crippen LogP contribution in [0.1, 0.15) is 20.3 Å². The summed E-state index contributed by atoms with van der Waals surface area (Å²) >= 11 is 4.15. The summed E-state index contributed by atoms with van der Waals surface area (Å²) < 4.78 is 0. The quantitative estimate of drug-likeness (QED) is 0.456. The fraction of sp³-hybridized carbons (Fsp3) is 1.00. The molecule has 0 fully saturated rings. The Bertz CT molecular complexity index is 44.3. The molecular formula is C6H15PS2. The SMILES string of the molecule is CCCSCPSCC. The Kier molecular flexibility index (Phi) is 10.3.